The Balaban J connectivity index is 2.35. The minimum Gasteiger partial charge on any atom is -0.399 e. The standard InChI is InChI=1S/C14H10F3N3/c1-7-19-10-6-8(18)2-4-11(10)20(7)12-5-3-9(15)13(16)14(12)17/h2-6H,18H2,1H3. The molecule has 6 heteroatoms. The first kappa shape index (κ1) is 12.5. The van der Waals surface area contributed by atoms with E-state index in [0.717, 1.165) is 6.07 Å². The van der Waals surface area contributed by atoms with Gasteiger partial charge in [0.05, 0.1) is 16.7 Å². The van der Waals surface area contributed by atoms with E-state index in [1.165, 1.54) is 10.6 Å². The first-order chi connectivity index (χ1) is 9.49. The highest BCUT2D eigenvalue weighted by Gasteiger charge is 2.18. The minimum absolute atomic E-state index is 0.0892. The SMILES string of the molecule is Cc1nc2cc(N)ccc2n1-c1ccc(F)c(F)c1F. The second-order valence-electron chi connectivity index (χ2n) is 4.44. The van der Waals surface area contributed by atoms with Crippen molar-refractivity contribution in [2.75, 3.05) is 5.73 Å². The summed E-state index contributed by atoms with van der Waals surface area (Å²) in [7, 11) is 0. The maximum atomic E-state index is 13.9. The molecule has 0 aliphatic rings. The quantitative estimate of drug-likeness (QED) is 0.547. The number of anilines is 1. The predicted octanol–water partition coefficient (Wildman–Crippen LogP) is 3.33. The smallest absolute Gasteiger partial charge is 0.196 e. The number of aromatic nitrogens is 2. The average molecular weight is 277 g/mol. The van der Waals surface area contributed by atoms with Gasteiger partial charge in [0, 0.05) is 5.69 Å². The lowest BCUT2D eigenvalue weighted by Crippen LogP contribution is -2.03. The molecule has 0 atom stereocenters. The third kappa shape index (κ3) is 1.72. The zero-order valence-electron chi connectivity index (χ0n) is 10.5. The van der Waals surface area contributed by atoms with Crippen molar-refractivity contribution in [3.05, 3.63) is 53.6 Å². The van der Waals surface area contributed by atoms with Gasteiger partial charge in [0.25, 0.3) is 0 Å². The van der Waals surface area contributed by atoms with Crippen molar-refractivity contribution in [3.63, 3.8) is 0 Å². The molecule has 2 aromatic carbocycles. The van der Waals surface area contributed by atoms with Crippen LogP contribution in [0.1, 0.15) is 5.82 Å². The molecule has 3 aromatic rings. The van der Waals surface area contributed by atoms with Gasteiger partial charge in [-0.05, 0) is 37.3 Å². The van der Waals surface area contributed by atoms with E-state index >= 15 is 0 Å². The summed E-state index contributed by atoms with van der Waals surface area (Å²) in [5.74, 6) is -3.52. The molecular weight excluding hydrogens is 267 g/mol. The van der Waals surface area contributed by atoms with Gasteiger partial charge in [-0.15, -0.1) is 0 Å². The summed E-state index contributed by atoms with van der Waals surface area (Å²) in [6.45, 7) is 1.65. The van der Waals surface area contributed by atoms with Gasteiger partial charge < -0.3 is 5.73 Å². The highest BCUT2D eigenvalue weighted by molar-refractivity contribution is 5.81. The number of nitrogens with zero attached hydrogens (tertiary/aromatic N) is 2. The van der Waals surface area contributed by atoms with Gasteiger partial charge in [0.1, 0.15) is 5.82 Å². The van der Waals surface area contributed by atoms with Crippen LogP contribution in [0.25, 0.3) is 16.7 Å². The summed E-state index contributed by atoms with van der Waals surface area (Å²) in [5.41, 5.74) is 7.23. The van der Waals surface area contributed by atoms with E-state index in [0.29, 0.717) is 22.5 Å². The van der Waals surface area contributed by atoms with Gasteiger partial charge in [-0.2, -0.15) is 0 Å². The third-order valence-corrected chi connectivity index (χ3v) is 3.10. The molecule has 102 valence electrons. The van der Waals surface area contributed by atoms with Crippen molar-refractivity contribution in [2.24, 2.45) is 0 Å². The van der Waals surface area contributed by atoms with Crippen LogP contribution in [0.2, 0.25) is 0 Å². The molecule has 0 aliphatic carbocycles. The Hall–Kier alpha value is -2.50. The van der Waals surface area contributed by atoms with Gasteiger partial charge >= 0.3 is 0 Å². The largest absolute Gasteiger partial charge is 0.399 e. The monoisotopic (exact) mass is 277 g/mol. The van der Waals surface area contributed by atoms with Crippen LogP contribution in [-0.4, -0.2) is 9.55 Å². The van der Waals surface area contributed by atoms with E-state index in [1.807, 2.05) is 0 Å². The van der Waals surface area contributed by atoms with Gasteiger partial charge in [0.15, 0.2) is 17.5 Å². The second kappa shape index (κ2) is 4.26. The van der Waals surface area contributed by atoms with Crippen LogP contribution in [0.5, 0.6) is 0 Å². The molecule has 0 saturated heterocycles. The van der Waals surface area contributed by atoms with Crippen molar-refractivity contribution in [1.29, 1.82) is 0 Å². The number of nitrogen functional groups attached to an aromatic ring is 1. The lowest BCUT2D eigenvalue weighted by atomic mass is 10.2. The van der Waals surface area contributed by atoms with Crippen LogP contribution in [0.15, 0.2) is 30.3 Å². The Morgan fingerprint density at radius 2 is 1.80 bits per heavy atom. The summed E-state index contributed by atoms with van der Waals surface area (Å²) in [6.07, 6.45) is 0. The number of fused-ring (bicyclic) bond motifs is 1. The fourth-order valence-electron chi connectivity index (χ4n) is 2.21. The second-order valence-corrected chi connectivity index (χ2v) is 4.44. The van der Waals surface area contributed by atoms with E-state index in [-0.39, 0.29) is 5.69 Å². The molecule has 3 nitrogen and oxygen atoms in total. The molecule has 0 bridgehead atoms. The van der Waals surface area contributed by atoms with Gasteiger partial charge in [0.2, 0.25) is 0 Å². The van der Waals surface area contributed by atoms with E-state index in [2.05, 4.69) is 4.98 Å². The molecule has 0 amide bonds. The summed E-state index contributed by atoms with van der Waals surface area (Å²) in [6, 6.07) is 6.99. The summed E-state index contributed by atoms with van der Waals surface area (Å²) in [4.78, 5) is 4.24. The molecule has 0 spiro atoms. The Kier molecular flexibility index (Phi) is 2.67. The van der Waals surface area contributed by atoms with Crippen LogP contribution in [0.3, 0.4) is 0 Å². The number of hydrogen-bond donors (Lipinski definition) is 1. The fraction of sp³-hybridized carbons (Fsp3) is 0.0714. The molecular formula is C14H10F3N3. The lowest BCUT2D eigenvalue weighted by molar-refractivity contribution is 0.445. The van der Waals surface area contributed by atoms with E-state index < -0.39 is 17.5 Å². The van der Waals surface area contributed by atoms with Crippen molar-refractivity contribution < 1.29 is 13.2 Å². The summed E-state index contributed by atoms with van der Waals surface area (Å²) in [5, 5.41) is 0. The average Bonchev–Trinajstić information content (AvgIpc) is 2.72. The van der Waals surface area contributed by atoms with E-state index in [9.17, 15) is 13.2 Å². The Bertz CT molecular complexity index is 824. The number of benzene rings is 2. The van der Waals surface area contributed by atoms with E-state index in [1.54, 1.807) is 25.1 Å². The van der Waals surface area contributed by atoms with Crippen LogP contribution in [-0.2, 0) is 0 Å². The highest BCUT2D eigenvalue weighted by Crippen LogP contribution is 2.26. The number of imidazole rings is 1. The molecule has 0 unspecified atom stereocenters. The summed E-state index contributed by atoms with van der Waals surface area (Å²) < 4.78 is 41.7. The first-order valence-electron chi connectivity index (χ1n) is 5.87. The third-order valence-electron chi connectivity index (χ3n) is 3.10. The van der Waals surface area contributed by atoms with Crippen molar-refractivity contribution in [2.45, 2.75) is 6.92 Å². The van der Waals surface area contributed by atoms with Crippen molar-refractivity contribution in [1.82, 2.24) is 9.55 Å². The lowest BCUT2D eigenvalue weighted by Gasteiger charge is -2.09. The van der Waals surface area contributed by atoms with Crippen molar-refractivity contribution >= 4 is 16.7 Å². The van der Waals surface area contributed by atoms with Crippen LogP contribution in [0, 0.1) is 24.4 Å². The number of halogens is 3. The van der Waals surface area contributed by atoms with Crippen LogP contribution < -0.4 is 5.73 Å². The highest BCUT2D eigenvalue weighted by atomic mass is 19.2. The maximum absolute atomic E-state index is 13.9. The molecule has 0 aliphatic heterocycles. The molecule has 20 heavy (non-hydrogen) atoms. The topological polar surface area (TPSA) is 43.8 Å². The molecule has 2 N–H and O–H groups in total. The zero-order valence-corrected chi connectivity index (χ0v) is 10.5. The van der Waals surface area contributed by atoms with Gasteiger partial charge in [-0.25, -0.2) is 18.2 Å². The summed E-state index contributed by atoms with van der Waals surface area (Å²) >= 11 is 0. The molecule has 1 heterocycles. The molecule has 0 saturated carbocycles. The molecule has 3 rings (SSSR count). The van der Waals surface area contributed by atoms with Gasteiger partial charge in [-0.1, -0.05) is 0 Å². The zero-order chi connectivity index (χ0) is 14.4. The minimum atomic E-state index is -1.50. The molecule has 0 fully saturated rings. The van der Waals surface area contributed by atoms with Crippen LogP contribution in [0.4, 0.5) is 18.9 Å². The number of hydrogen-bond acceptors (Lipinski definition) is 2. The normalized spacial score (nSPS) is 11.2. The Labute approximate surface area is 112 Å². The van der Waals surface area contributed by atoms with Crippen LogP contribution >= 0.6 is 0 Å². The van der Waals surface area contributed by atoms with Gasteiger partial charge in [-0.3, -0.25) is 4.57 Å². The number of rotatable bonds is 1. The number of nitrogens with two attached hydrogens (primary N) is 1. The predicted molar refractivity (Wildman–Crippen MR) is 70.1 cm³/mol. The Morgan fingerprint density at radius 3 is 2.55 bits per heavy atom. The van der Waals surface area contributed by atoms with E-state index in [4.69, 9.17) is 5.73 Å². The first-order valence-corrected chi connectivity index (χ1v) is 5.87. The Morgan fingerprint density at radius 1 is 1.05 bits per heavy atom. The maximum Gasteiger partial charge on any atom is 0.196 e. The number of aryl methyl sites for hydroxylation is 1. The molecule has 0 radical (unpaired) electrons. The fourth-order valence-corrected chi connectivity index (χ4v) is 2.21. The van der Waals surface area contributed by atoms with Crippen molar-refractivity contribution in [3.8, 4) is 5.69 Å². The molecule has 1 aromatic heterocycles.